The average Bonchev–Trinajstić information content (AvgIpc) is 3.10. The molecule has 0 saturated carbocycles. The molecular weight excluding hydrogens is 266 g/mol. The van der Waals surface area contributed by atoms with Gasteiger partial charge in [-0.1, -0.05) is 6.92 Å². The van der Waals surface area contributed by atoms with Crippen molar-refractivity contribution in [2.75, 3.05) is 26.4 Å². The second-order valence-electron chi connectivity index (χ2n) is 6.48. The zero-order chi connectivity index (χ0) is 14.7. The Morgan fingerprint density at radius 3 is 3.10 bits per heavy atom. The van der Waals surface area contributed by atoms with Gasteiger partial charge >= 0.3 is 0 Å². The van der Waals surface area contributed by atoms with Gasteiger partial charge < -0.3 is 19.4 Å². The van der Waals surface area contributed by atoms with Crippen LogP contribution in [0.4, 0.5) is 0 Å². The summed E-state index contributed by atoms with van der Waals surface area (Å²) < 4.78 is 13.7. The number of hydrogen-bond acceptors (Lipinski definition) is 4. The minimum atomic E-state index is -0.0379. The zero-order valence-corrected chi connectivity index (χ0v) is 13.2. The van der Waals surface area contributed by atoms with Gasteiger partial charge in [0.05, 0.1) is 30.3 Å². The summed E-state index contributed by atoms with van der Waals surface area (Å²) in [5.41, 5.74) is 1.12. The van der Waals surface area contributed by atoms with E-state index in [0.29, 0.717) is 12.0 Å². The molecule has 0 amide bonds. The Balaban J connectivity index is 1.75. The zero-order valence-electron chi connectivity index (χ0n) is 13.2. The molecule has 0 aliphatic carbocycles. The van der Waals surface area contributed by atoms with E-state index in [1.165, 1.54) is 0 Å². The van der Waals surface area contributed by atoms with Gasteiger partial charge in [-0.25, -0.2) is 4.98 Å². The minimum Gasteiger partial charge on any atom is -0.378 e. The maximum Gasteiger partial charge on any atom is 0.0947 e. The van der Waals surface area contributed by atoms with Crippen LogP contribution in [-0.4, -0.2) is 41.5 Å². The molecule has 5 nitrogen and oxygen atoms in total. The second kappa shape index (κ2) is 6.46. The van der Waals surface area contributed by atoms with Crippen molar-refractivity contribution in [1.82, 2.24) is 14.9 Å². The van der Waals surface area contributed by atoms with Crippen molar-refractivity contribution in [3.63, 3.8) is 0 Å². The number of aromatic nitrogens is 2. The van der Waals surface area contributed by atoms with Crippen molar-refractivity contribution in [3.05, 3.63) is 18.2 Å². The molecule has 1 N–H and O–H groups in total. The summed E-state index contributed by atoms with van der Waals surface area (Å²) in [7, 11) is 2.03. The number of hydrogen-bond donors (Lipinski definition) is 1. The van der Waals surface area contributed by atoms with Crippen LogP contribution >= 0.6 is 0 Å². The summed E-state index contributed by atoms with van der Waals surface area (Å²) in [5, 5.41) is 3.70. The largest absolute Gasteiger partial charge is 0.378 e. The van der Waals surface area contributed by atoms with Crippen molar-refractivity contribution >= 4 is 0 Å². The molecule has 5 heteroatoms. The third-order valence-corrected chi connectivity index (χ3v) is 4.73. The first-order valence-electron chi connectivity index (χ1n) is 8.15. The highest BCUT2D eigenvalue weighted by Crippen LogP contribution is 2.40. The normalized spacial score (nSPS) is 30.9. The maximum absolute atomic E-state index is 6.07. The average molecular weight is 293 g/mol. The Kier molecular flexibility index (Phi) is 4.62. The molecule has 0 bridgehead atoms. The lowest BCUT2D eigenvalue weighted by Crippen LogP contribution is -2.44. The first-order chi connectivity index (χ1) is 10.2. The first-order valence-corrected chi connectivity index (χ1v) is 8.15. The van der Waals surface area contributed by atoms with Gasteiger partial charge in [0.25, 0.3) is 0 Å². The Hall–Kier alpha value is -0.910. The van der Waals surface area contributed by atoms with Crippen LogP contribution in [0.15, 0.2) is 12.5 Å². The predicted molar refractivity (Wildman–Crippen MR) is 81.1 cm³/mol. The molecule has 21 heavy (non-hydrogen) atoms. The topological polar surface area (TPSA) is 48.3 Å². The maximum atomic E-state index is 6.07. The number of imidazole rings is 1. The number of aryl methyl sites for hydroxylation is 1. The van der Waals surface area contributed by atoms with Gasteiger partial charge in [-0.2, -0.15) is 0 Å². The van der Waals surface area contributed by atoms with Gasteiger partial charge in [-0.15, -0.1) is 0 Å². The van der Waals surface area contributed by atoms with Gasteiger partial charge in [0.15, 0.2) is 0 Å². The van der Waals surface area contributed by atoms with Gasteiger partial charge in [0.1, 0.15) is 0 Å². The van der Waals surface area contributed by atoms with E-state index < -0.39 is 0 Å². The van der Waals surface area contributed by atoms with Crippen molar-refractivity contribution in [2.24, 2.45) is 13.0 Å². The fourth-order valence-electron chi connectivity index (χ4n) is 3.62. The van der Waals surface area contributed by atoms with E-state index >= 15 is 0 Å². The Labute approximate surface area is 127 Å². The third-order valence-electron chi connectivity index (χ3n) is 4.73. The summed E-state index contributed by atoms with van der Waals surface area (Å²) in [4.78, 5) is 4.59. The summed E-state index contributed by atoms with van der Waals surface area (Å²) in [6.45, 7) is 5.67. The Morgan fingerprint density at radius 2 is 2.43 bits per heavy atom. The monoisotopic (exact) mass is 293 g/mol. The summed E-state index contributed by atoms with van der Waals surface area (Å²) in [6, 6.07) is 0.326. The molecule has 3 rings (SSSR count). The van der Waals surface area contributed by atoms with E-state index in [9.17, 15) is 0 Å². The van der Waals surface area contributed by atoms with Crippen molar-refractivity contribution in [2.45, 2.75) is 44.2 Å². The summed E-state index contributed by atoms with van der Waals surface area (Å²) >= 11 is 0. The van der Waals surface area contributed by atoms with E-state index in [0.717, 1.165) is 57.7 Å². The highest BCUT2D eigenvalue weighted by molar-refractivity contribution is 5.07. The molecule has 118 valence electrons. The van der Waals surface area contributed by atoms with Crippen LogP contribution in [0.5, 0.6) is 0 Å². The molecule has 2 aliphatic rings. The molecule has 3 atom stereocenters. The number of nitrogens with one attached hydrogen (secondary N) is 1. The molecule has 2 fully saturated rings. The highest BCUT2D eigenvalue weighted by atomic mass is 16.6. The van der Waals surface area contributed by atoms with Crippen LogP contribution in [0.1, 0.15) is 44.3 Å². The molecule has 1 aromatic heterocycles. The fourth-order valence-corrected chi connectivity index (χ4v) is 3.62. The van der Waals surface area contributed by atoms with Crippen LogP contribution < -0.4 is 5.32 Å². The van der Waals surface area contributed by atoms with Crippen LogP contribution in [0.25, 0.3) is 0 Å². The van der Waals surface area contributed by atoms with Gasteiger partial charge in [-0.3, -0.25) is 0 Å². The second-order valence-corrected chi connectivity index (χ2v) is 6.48. The van der Waals surface area contributed by atoms with Gasteiger partial charge in [-0.05, 0) is 31.7 Å². The fraction of sp³-hybridized carbons (Fsp3) is 0.812. The molecule has 3 heterocycles. The molecule has 1 spiro atoms. The Bertz CT molecular complexity index is 454. The van der Waals surface area contributed by atoms with Crippen molar-refractivity contribution < 1.29 is 9.47 Å². The van der Waals surface area contributed by atoms with E-state index in [2.05, 4.69) is 23.4 Å². The van der Waals surface area contributed by atoms with Crippen LogP contribution in [0.3, 0.4) is 0 Å². The van der Waals surface area contributed by atoms with E-state index in [4.69, 9.17) is 9.47 Å². The molecule has 2 aliphatic heterocycles. The van der Waals surface area contributed by atoms with Crippen LogP contribution in [0.2, 0.25) is 0 Å². The predicted octanol–water partition coefficient (Wildman–Crippen LogP) is 2.05. The summed E-state index contributed by atoms with van der Waals surface area (Å²) in [6.07, 6.45) is 8.38. The van der Waals surface area contributed by atoms with Gasteiger partial charge in [0, 0.05) is 32.9 Å². The first kappa shape index (κ1) is 15.0. The number of ether oxygens (including phenoxy) is 2. The quantitative estimate of drug-likeness (QED) is 0.902. The number of nitrogens with zero attached hydrogens (tertiary/aromatic N) is 2. The van der Waals surface area contributed by atoms with E-state index in [-0.39, 0.29) is 5.60 Å². The lowest BCUT2D eigenvalue weighted by atomic mass is 9.80. The smallest absolute Gasteiger partial charge is 0.0947 e. The highest BCUT2D eigenvalue weighted by Gasteiger charge is 2.43. The SMILES string of the molecule is CCCNC(c1cn(C)cn1)C1CCOC2(CCOC2)C1. The Morgan fingerprint density at radius 1 is 1.52 bits per heavy atom. The lowest BCUT2D eigenvalue weighted by Gasteiger charge is -2.40. The molecule has 0 aromatic carbocycles. The third kappa shape index (κ3) is 3.30. The molecule has 1 aromatic rings. The molecule has 3 unspecified atom stereocenters. The van der Waals surface area contributed by atoms with Gasteiger partial charge in [0.2, 0.25) is 0 Å². The van der Waals surface area contributed by atoms with Crippen LogP contribution in [-0.2, 0) is 16.5 Å². The minimum absolute atomic E-state index is 0.0379. The lowest BCUT2D eigenvalue weighted by molar-refractivity contribution is -0.103. The molecule has 0 radical (unpaired) electrons. The van der Waals surface area contributed by atoms with E-state index in [1.807, 2.05) is 17.9 Å². The van der Waals surface area contributed by atoms with Crippen molar-refractivity contribution in [1.29, 1.82) is 0 Å². The van der Waals surface area contributed by atoms with Crippen LogP contribution in [0, 0.1) is 5.92 Å². The van der Waals surface area contributed by atoms with Crippen molar-refractivity contribution in [3.8, 4) is 0 Å². The number of rotatable bonds is 5. The standard InChI is InChI=1S/C16H27N3O2/c1-3-6-17-15(14-10-19(2)12-18-14)13-4-7-21-16(9-13)5-8-20-11-16/h10,12-13,15,17H,3-9,11H2,1-2H3. The summed E-state index contributed by atoms with van der Waals surface area (Å²) in [5.74, 6) is 0.571. The molecule has 2 saturated heterocycles. The van der Waals surface area contributed by atoms with E-state index in [1.54, 1.807) is 0 Å². The molecular formula is C16H27N3O2.